The van der Waals surface area contributed by atoms with E-state index >= 15 is 0 Å². The average Bonchev–Trinajstić information content (AvgIpc) is 2.96. The summed E-state index contributed by atoms with van der Waals surface area (Å²) in [4.78, 5) is 15.7. The molecule has 2 aromatic carbocycles. The summed E-state index contributed by atoms with van der Waals surface area (Å²) in [5, 5.41) is 4.04. The lowest BCUT2D eigenvalue weighted by molar-refractivity contribution is 0.0950. The van der Waals surface area contributed by atoms with Crippen molar-refractivity contribution in [2.24, 2.45) is 0 Å². The molecule has 1 amide bonds. The maximum atomic E-state index is 13.1. The lowest BCUT2D eigenvalue weighted by atomic mass is 10.1. The highest BCUT2D eigenvalue weighted by Crippen LogP contribution is 2.27. The molecule has 0 bridgehead atoms. The normalized spacial score (nSPS) is 15.1. The minimum atomic E-state index is -0.0472. The van der Waals surface area contributed by atoms with E-state index in [0.717, 1.165) is 48.1 Å². The van der Waals surface area contributed by atoms with Crippen molar-refractivity contribution in [3.63, 3.8) is 0 Å². The van der Waals surface area contributed by atoms with Crippen molar-refractivity contribution >= 4 is 16.9 Å². The molecule has 0 atom stereocenters. The first-order valence-corrected chi connectivity index (χ1v) is 11.8. The third kappa shape index (κ3) is 5.56. The zero-order valence-electron chi connectivity index (χ0n) is 18.7. The van der Waals surface area contributed by atoms with Gasteiger partial charge in [0, 0.05) is 24.9 Å². The predicted octanol–water partition coefficient (Wildman–Crippen LogP) is 6.08. The van der Waals surface area contributed by atoms with E-state index in [1.807, 2.05) is 24.3 Å². The van der Waals surface area contributed by atoms with E-state index in [9.17, 15) is 4.79 Å². The van der Waals surface area contributed by atoms with Crippen LogP contribution in [0.2, 0.25) is 0 Å². The fourth-order valence-corrected chi connectivity index (χ4v) is 4.52. The number of fused-ring (bicyclic) bond motifs is 1. The van der Waals surface area contributed by atoms with Crippen LogP contribution in [-0.2, 0) is 19.5 Å². The van der Waals surface area contributed by atoms with Crippen LogP contribution in [0.15, 0.2) is 52.9 Å². The molecule has 2 heterocycles. The third-order valence-corrected chi connectivity index (χ3v) is 6.20. The van der Waals surface area contributed by atoms with Gasteiger partial charge in [-0.25, -0.2) is 0 Å². The van der Waals surface area contributed by atoms with Crippen molar-refractivity contribution in [1.29, 1.82) is 0 Å². The van der Waals surface area contributed by atoms with Crippen LogP contribution >= 0.6 is 0 Å². The van der Waals surface area contributed by atoms with E-state index in [1.54, 1.807) is 0 Å². The van der Waals surface area contributed by atoms with Gasteiger partial charge in [0.15, 0.2) is 0 Å². The Balaban J connectivity index is 1.44. The predicted molar refractivity (Wildman–Crippen MR) is 126 cm³/mol. The first-order valence-electron chi connectivity index (χ1n) is 11.8. The number of hydrogen-bond acceptors (Lipinski definition) is 3. The third-order valence-electron chi connectivity index (χ3n) is 6.20. The number of nitrogens with one attached hydrogen (secondary N) is 1. The summed E-state index contributed by atoms with van der Waals surface area (Å²) in [6.45, 7) is 6.06. The van der Waals surface area contributed by atoms with E-state index in [4.69, 9.17) is 4.42 Å². The molecule has 1 N–H and O–H groups in total. The first kappa shape index (κ1) is 21.6. The van der Waals surface area contributed by atoms with E-state index in [0.29, 0.717) is 12.1 Å². The standard InChI is InChI=1S/C27H34N2O2/c1-2-3-14-25-26(23-13-6-7-15-24(23)31-25)27(30)28-19-21-11-10-12-22(18-21)20-29-16-8-4-5-9-17-29/h6-7,10-13,15,18H,2-5,8-9,14,16-17,19-20H2,1H3,(H,28,30). The number of amides is 1. The van der Waals surface area contributed by atoms with Gasteiger partial charge in [-0.2, -0.15) is 0 Å². The van der Waals surface area contributed by atoms with E-state index in [-0.39, 0.29) is 5.91 Å². The summed E-state index contributed by atoms with van der Waals surface area (Å²) >= 11 is 0. The molecule has 1 aliphatic rings. The summed E-state index contributed by atoms with van der Waals surface area (Å²) in [6, 6.07) is 16.5. The van der Waals surface area contributed by atoms with Gasteiger partial charge in [-0.15, -0.1) is 0 Å². The number of carbonyl (C=O) groups is 1. The molecule has 1 aromatic heterocycles. The van der Waals surface area contributed by atoms with Crippen LogP contribution in [0.3, 0.4) is 0 Å². The van der Waals surface area contributed by atoms with Gasteiger partial charge in [-0.1, -0.05) is 68.7 Å². The molecule has 0 saturated carbocycles. The SMILES string of the molecule is CCCCc1oc2ccccc2c1C(=O)NCc1cccc(CN2CCCCCC2)c1. The number of carbonyl (C=O) groups excluding carboxylic acids is 1. The number of para-hydroxylation sites is 1. The number of hydrogen-bond donors (Lipinski definition) is 1. The molecule has 1 aliphatic heterocycles. The summed E-state index contributed by atoms with van der Waals surface area (Å²) in [6.07, 6.45) is 8.18. The molecular formula is C27H34N2O2. The number of unbranched alkanes of at least 4 members (excludes halogenated alkanes) is 1. The van der Waals surface area contributed by atoms with Crippen molar-refractivity contribution in [3.8, 4) is 0 Å². The highest BCUT2D eigenvalue weighted by Gasteiger charge is 2.20. The Bertz CT molecular complexity index is 999. The maximum Gasteiger partial charge on any atom is 0.255 e. The first-order chi connectivity index (χ1) is 15.2. The largest absolute Gasteiger partial charge is 0.460 e. The van der Waals surface area contributed by atoms with Gasteiger partial charge in [0.1, 0.15) is 11.3 Å². The topological polar surface area (TPSA) is 45.5 Å². The lowest BCUT2D eigenvalue weighted by Crippen LogP contribution is -2.25. The van der Waals surface area contributed by atoms with Crippen LogP contribution in [0.5, 0.6) is 0 Å². The molecule has 1 fully saturated rings. The Morgan fingerprint density at radius 1 is 1.00 bits per heavy atom. The minimum absolute atomic E-state index is 0.0472. The fraction of sp³-hybridized carbons (Fsp3) is 0.444. The Hall–Kier alpha value is -2.59. The molecule has 0 radical (unpaired) electrons. The summed E-state index contributed by atoms with van der Waals surface area (Å²) in [5.74, 6) is 0.754. The zero-order chi connectivity index (χ0) is 21.5. The van der Waals surface area contributed by atoms with Crippen molar-refractivity contribution in [3.05, 3.63) is 71.0 Å². The summed E-state index contributed by atoms with van der Waals surface area (Å²) in [5.41, 5.74) is 3.96. The highest BCUT2D eigenvalue weighted by atomic mass is 16.3. The van der Waals surface area contributed by atoms with Crippen molar-refractivity contribution in [1.82, 2.24) is 10.2 Å². The molecule has 3 aromatic rings. The number of nitrogens with zero attached hydrogens (tertiary/aromatic N) is 1. The molecule has 4 nitrogen and oxygen atoms in total. The molecule has 1 saturated heterocycles. The van der Waals surface area contributed by atoms with Gasteiger partial charge in [0.2, 0.25) is 0 Å². The van der Waals surface area contributed by atoms with Gasteiger partial charge < -0.3 is 9.73 Å². The van der Waals surface area contributed by atoms with Gasteiger partial charge in [0.25, 0.3) is 5.91 Å². The molecular weight excluding hydrogens is 384 g/mol. The molecule has 0 aliphatic carbocycles. The van der Waals surface area contributed by atoms with Gasteiger partial charge >= 0.3 is 0 Å². The van der Waals surface area contributed by atoms with Crippen LogP contribution in [0.25, 0.3) is 11.0 Å². The van der Waals surface area contributed by atoms with Crippen LogP contribution in [0, 0.1) is 0 Å². The number of likely N-dealkylation sites (tertiary alicyclic amines) is 1. The summed E-state index contributed by atoms with van der Waals surface area (Å²) < 4.78 is 6.02. The Kier molecular flexibility index (Phi) is 7.42. The second-order valence-electron chi connectivity index (χ2n) is 8.69. The monoisotopic (exact) mass is 418 g/mol. The second-order valence-corrected chi connectivity index (χ2v) is 8.69. The average molecular weight is 419 g/mol. The second kappa shape index (κ2) is 10.6. The van der Waals surface area contributed by atoms with Crippen LogP contribution < -0.4 is 5.32 Å². The molecule has 0 spiro atoms. The quantitative estimate of drug-likeness (QED) is 0.482. The lowest BCUT2D eigenvalue weighted by Gasteiger charge is -2.20. The smallest absolute Gasteiger partial charge is 0.255 e. The van der Waals surface area contributed by atoms with Crippen molar-refractivity contribution < 1.29 is 9.21 Å². The van der Waals surface area contributed by atoms with Crippen molar-refractivity contribution in [2.45, 2.75) is 65.0 Å². The van der Waals surface area contributed by atoms with E-state index in [1.165, 1.54) is 44.3 Å². The minimum Gasteiger partial charge on any atom is -0.460 e. The maximum absolute atomic E-state index is 13.1. The van der Waals surface area contributed by atoms with E-state index in [2.05, 4.69) is 41.4 Å². The molecule has 4 heteroatoms. The Labute approximate surface area is 185 Å². The molecule has 164 valence electrons. The van der Waals surface area contributed by atoms with Crippen LogP contribution in [-0.4, -0.2) is 23.9 Å². The molecule has 31 heavy (non-hydrogen) atoms. The highest BCUT2D eigenvalue weighted by molar-refractivity contribution is 6.07. The molecule has 0 unspecified atom stereocenters. The number of aryl methyl sites for hydroxylation is 1. The zero-order valence-corrected chi connectivity index (χ0v) is 18.7. The number of furan rings is 1. The molecule has 4 rings (SSSR count). The number of benzene rings is 2. The number of rotatable bonds is 8. The van der Waals surface area contributed by atoms with Gasteiger partial charge in [-0.05, 0) is 49.5 Å². The fourth-order valence-electron chi connectivity index (χ4n) is 4.52. The van der Waals surface area contributed by atoms with Gasteiger partial charge in [-0.3, -0.25) is 9.69 Å². The summed E-state index contributed by atoms with van der Waals surface area (Å²) in [7, 11) is 0. The van der Waals surface area contributed by atoms with Gasteiger partial charge in [0.05, 0.1) is 5.56 Å². The Morgan fingerprint density at radius 2 is 1.77 bits per heavy atom. The van der Waals surface area contributed by atoms with Crippen LogP contribution in [0.4, 0.5) is 0 Å². The Morgan fingerprint density at radius 3 is 2.58 bits per heavy atom. The van der Waals surface area contributed by atoms with Crippen molar-refractivity contribution in [2.75, 3.05) is 13.1 Å². The van der Waals surface area contributed by atoms with Crippen LogP contribution in [0.1, 0.15) is 72.7 Å². The van der Waals surface area contributed by atoms with E-state index < -0.39 is 0 Å².